The highest BCUT2D eigenvalue weighted by molar-refractivity contribution is 7.24. The molecule has 184 valence electrons. The molecule has 0 saturated carbocycles. The van der Waals surface area contributed by atoms with Crippen LogP contribution in [0.5, 0.6) is 11.5 Å². The molecule has 0 radical (unpaired) electrons. The van der Waals surface area contributed by atoms with Gasteiger partial charge in [0.2, 0.25) is 0 Å². The first-order valence-electron chi connectivity index (χ1n) is 11.6. The first kappa shape index (κ1) is 23.9. The highest BCUT2D eigenvalue weighted by Crippen LogP contribution is 2.32. The van der Waals surface area contributed by atoms with E-state index in [1.807, 2.05) is 24.3 Å². The van der Waals surface area contributed by atoms with Crippen LogP contribution < -0.4 is 10.2 Å². The Balaban J connectivity index is 1.42. The molecule has 0 aliphatic carbocycles. The van der Waals surface area contributed by atoms with Gasteiger partial charge in [-0.2, -0.15) is 0 Å². The van der Waals surface area contributed by atoms with Crippen molar-refractivity contribution in [2.24, 2.45) is 4.99 Å². The summed E-state index contributed by atoms with van der Waals surface area (Å²) in [6, 6.07) is 17.0. The van der Waals surface area contributed by atoms with Crippen LogP contribution in [0.2, 0.25) is 0 Å². The van der Waals surface area contributed by atoms with Crippen LogP contribution >= 0.6 is 11.3 Å². The van der Waals surface area contributed by atoms with E-state index in [2.05, 4.69) is 4.99 Å². The second-order valence-electron chi connectivity index (χ2n) is 8.90. The van der Waals surface area contributed by atoms with Crippen molar-refractivity contribution in [1.29, 1.82) is 0 Å². The smallest absolute Gasteiger partial charge is 0.302 e. The topological polar surface area (TPSA) is 74.2 Å². The highest BCUT2D eigenvalue weighted by atomic mass is 32.1. The van der Waals surface area contributed by atoms with Crippen molar-refractivity contribution < 1.29 is 23.4 Å². The number of aliphatic imine (C=N–C) groups is 1. The molecular weight excluding hydrogens is 481 g/mol. The van der Waals surface area contributed by atoms with Crippen molar-refractivity contribution in [2.75, 3.05) is 13.2 Å². The average molecular weight is 506 g/mol. The van der Waals surface area contributed by atoms with E-state index in [1.165, 1.54) is 30.4 Å². The van der Waals surface area contributed by atoms with Crippen molar-refractivity contribution in [3.63, 3.8) is 0 Å². The summed E-state index contributed by atoms with van der Waals surface area (Å²) in [4.78, 5) is 29.1. The van der Waals surface area contributed by atoms with Crippen LogP contribution in [0.1, 0.15) is 25.8 Å². The third-order valence-electron chi connectivity index (χ3n) is 6.13. The molecule has 0 saturated heterocycles. The maximum absolute atomic E-state index is 13.2. The number of nitrogens with zero attached hydrogens (tertiary/aromatic N) is 1. The molecule has 1 aromatic heterocycles. The number of halogens is 1. The van der Waals surface area contributed by atoms with E-state index in [4.69, 9.17) is 14.2 Å². The van der Waals surface area contributed by atoms with Crippen LogP contribution in [0.4, 0.5) is 4.39 Å². The number of fused-ring (bicyclic) bond motifs is 2. The number of ether oxygens (including phenoxy) is 3. The van der Waals surface area contributed by atoms with Gasteiger partial charge in [0.05, 0.1) is 0 Å². The van der Waals surface area contributed by atoms with Crippen LogP contribution in [0.15, 0.2) is 70.5 Å². The second kappa shape index (κ2) is 9.70. The summed E-state index contributed by atoms with van der Waals surface area (Å²) in [6.07, 6.45) is 1.32. The first-order chi connectivity index (χ1) is 17.3. The van der Waals surface area contributed by atoms with Crippen LogP contribution in [-0.2, 0) is 20.7 Å². The molecular formula is C28H24FNO5S. The fourth-order valence-electron chi connectivity index (χ4n) is 4.26. The Kier molecular flexibility index (Phi) is 6.45. The van der Waals surface area contributed by atoms with E-state index >= 15 is 0 Å². The highest BCUT2D eigenvalue weighted by Gasteiger charge is 2.36. The lowest BCUT2D eigenvalue weighted by Crippen LogP contribution is -2.35. The SMILES string of the molecule is CC(=O)OCC1(CCc2ccc3c(=O)c4ccc(Oc5ccc(F)cc5)cc4sc3c2)COC(C)=N1. The summed E-state index contributed by atoms with van der Waals surface area (Å²) in [7, 11) is 0. The molecule has 8 heteroatoms. The van der Waals surface area contributed by atoms with E-state index in [0.717, 1.165) is 15.0 Å². The standard InChI is InChI=1S/C28H24FNO5S/c1-17-30-28(15-33-17,16-34-18(2)31)12-11-19-3-9-23-25(13-19)36-26-14-22(8-10-24(26)27(23)32)35-21-6-4-20(29)5-7-21/h3-10,13-14H,11-12,15-16H2,1-2H3. The minimum absolute atomic E-state index is 0.0330. The van der Waals surface area contributed by atoms with Gasteiger partial charge in [-0.15, -0.1) is 11.3 Å². The van der Waals surface area contributed by atoms with Crippen LogP contribution in [0.3, 0.4) is 0 Å². The molecule has 3 aromatic carbocycles. The minimum atomic E-state index is -0.603. The van der Waals surface area contributed by atoms with Gasteiger partial charge in [0, 0.05) is 34.0 Å². The zero-order valence-corrected chi connectivity index (χ0v) is 20.7. The molecule has 2 heterocycles. The molecule has 1 atom stereocenters. The monoisotopic (exact) mass is 505 g/mol. The van der Waals surface area contributed by atoms with Crippen molar-refractivity contribution in [3.05, 3.63) is 82.3 Å². The predicted octanol–water partition coefficient (Wildman–Crippen LogP) is 6.03. The second-order valence-corrected chi connectivity index (χ2v) is 9.98. The minimum Gasteiger partial charge on any atom is -0.478 e. The molecule has 6 nitrogen and oxygen atoms in total. The number of hydrogen-bond donors (Lipinski definition) is 0. The number of carbonyl (C=O) groups excluding carboxylic acids is 1. The number of benzene rings is 3. The van der Waals surface area contributed by atoms with Crippen molar-refractivity contribution in [3.8, 4) is 11.5 Å². The van der Waals surface area contributed by atoms with Crippen molar-refractivity contribution in [1.82, 2.24) is 0 Å². The normalized spacial score (nSPS) is 17.1. The van der Waals surface area contributed by atoms with Gasteiger partial charge in [-0.1, -0.05) is 6.07 Å². The zero-order valence-electron chi connectivity index (χ0n) is 19.9. The number of aryl methyl sites for hydroxylation is 1. The van der Waals surface area contributed by atoms with Gasteiger partial charge < -0.3 is 14.2 Å². The van der Waals surface area contributed by atoms with Crippen LogP contribution in [-0.4, -0.2) is 30.6 Å². The van der Waals surface area contributed by atoms with E-state index in [1.54, 1.807) is 31.2 Å². The number of esters is 1. The fourth-order valence-corrected chi connectivity index (χ4v) is 5.42. The van der Waals surface area contributed by atoms with Gasteiger partial charge in [-0.3, -0.25) is 9.59 Å². The summed E-state index contributed by atoms with van der Waals surface area (Å²) in [6.45, 7) is 3.71. The van der Waals surface area contributed by atoms with E-state index < -0.39 is 5.54 Å². The summed E-state index contributed by atoms with van der Waals surface area (Å²) in [5, 5.41) is 1.29. The Hall–Kier alpha value is -3.78. The number of rotatable bonds is 7. The largest absolute Gasteiger partial charge is 0.478 e. The lowest BCUT2D eigenvalue weighted by Gasteiger charge is -2.23. The average Bonchev–Trinajstić information content (AvgIpc) is 3.24. The van der Waals surface area contributed by atoms with Crippen molar-refractivity contribution in [2.45, 2.75) is 32.2 Å². The maximum atomic E-state index is 13.2. The third-order valence-corrected chi connectivity index (χ3v) is 7.24. The van der Waals surface area contributed by atoms with Gasteiger partial charge in [-0.05, 0) is 73.0 Å². The van der Waals surface area contributed by atoms with E-state index in [0.29, 0.717) is 47.6 Å². The predicted molar refractivity (Wildman–Crippen MR) is 139 cm³/mol. The molecule has 0 spiro atoms. The molecule has 36 heavy (non-hydrogen) atoms. The Morgan fingerprint density at radius 1 is 1.06 bits per heavy atom. The molecule has 1 aliphatic heterocycles. The molecule has 5 rings (SSSR count). The number of carbonyl (C=O) groups is 1. The van der Waals surface area contributed by atoms with Gasteiger partial charge in [0.15, 0.2) is 11.3 Å². The van der Waals surface area contributed by atoms with Gasteiger partial charge >= 0.3 is 5.97 Å². The van der Waals surface area contributed by atoms with Gasteiger partial charge in [-0.25, -0.2) is 9.38 Å². The molecule has 4 aromatic rings. The maximum Gasteiger partial charge on any atom is 0.302 e. The Morgan fingerprint density at radius 3 is 2.44 bits per heavy atom. The lowest BCUT2D eigenvalue weighted by atomic mass is 9.93. The third kappa shape index (κ3) is 5.09. The summed E-state index contributed by atoms with van der Waals surface area (Å²) < 4.78 is 31.6. The van der Waals surface area contributed by atoms with Crippen molar-refractivity contribution >= 4 is 43.4 Å². The summed E-state index contributed by atoms with van der Waals surface area (Å²) >= 11 is 1.52. The fraction of sp³-hybridized carbons (Fsp3) is 0.250. The zero-order chi connectivity index (χ0) is 25.3. The number of hydrogen-bond acceptors (Lipinski definition) is 7. The quantitative estimate of drug-likeness (QED) is 0.227. The van der Waals surface area contributed by atoms with E-state index in [-0.39, 0.29) is 23.8 Å². The van der Waals surface area contributed by atoms with Gasteiger partial charge in [0.1, 0.15) is 36.1 Å². The first-order valence-corrected chi connectivity index (χ1v) is 12.4. The molecule has 1 unspecified atom stereocenters. The molecule has 0 fully saturated rings. The molecule has 0 bridgehead atoms. The molecule has 1 aliphatic rings. The Morgan fingerprint density at radius 2 is 1.75 bits per heavy atom. The Labute approximate surface area is 211 Å². The molecule has 0 N–H and O–H groups in total. The summed E-state index contributed by atoms with van der Waals surface area (Å²) in [5.41, 5.74) is 0.418. The molecule has 0 amide bonds. The Bertz CT molecular complexity index is 1550. The summed E-state index contributed by atoms with van der Waals surface area (Å²) in [5.74, 6) is 0.995. The van der Waals surface area contributed by atoms with Crippen LogP contribution in [0.25, 0.3) is 20.2 Å². The lowest BCUT2D eigenvalue weighted by molar-refractivity contribution is -0.143. The van der Waals surface area contributed by atoms with Crippen LogP contribution in [0, 0.1) is 5.82 Å². The van der Waals surface area contributed by atoms with E-state index in [9.17, 15) is 14.0 Å². The van der Waals surface area contributed by atoms with Gasteiger partial charge in [0.25, 0.3) is 0 Å².